The number of urea groups is 1. The van der Waals surface area contributed by atoms with Crippen LogP contribution in [0.2, 0.25) is 0 Å². The Morgan fingerprint density at radius 3 is 2.71 bits per heavy atom. The summed E-state index contributed by atoms with van der Waals surface area (Å²) in [5, 5.41) is 6.15. The van der Waals surface area contributed by atoms with Gasteiger partial charge >= 0.3 is 6.03 Å². The summed E-state index contributed by atoms with van der Waals surface area (Å²) in [6.07, 6.45) is 5.45. The van der Waals surface area contributed by atoms with Gasteiger partial charge in [-0.05, 0) is 75.0 Å². The molecule has 114 valence electrons. The molecular weight excluding hydrogens is 260 g/mol. The highest BCUT2D eigenvalue weighted by molar-refractivity contribution is 5.90. The molecule has 2 fully saturated rings. The molecule has 3 nitrogen and oxygen atoms in total. The van der Waals surface area contributed by atoms with Crippen molar-refractivity contribution < 1.29 is 4.79 Å². The van der Waals surface area contributed by atoms with Crippen molar-refractivity contribution >= 4 is 11.7 Å². The highest BCUT2D eigenvalue weighted by Gasteiger charge is 2.42. The van der Waals surface area contributed by atoms with Gasteiger partial charge in [0, 0.05) is 11.7 Å². The summed E-state index contributed by atoms with van der Waals surface area (Å²) in [6, 6.07) is 6.21. The molecule has 2 bridgehead atoms. The Labute approximate surface area is 127 Å². The maximum Gasteiger partial charge on any atom is 0.319 e. The molecular formula is C18H26N2O. The summed E-state index contributed by atoms with van der Waals surface area (Å²) in [7, 11) is 0. The molecule has 0 saturated heterocycles. The first kappa shape index (κ1) is 14.4. The highest BCUT2D eigenvalue weighted by atomic mass is 16.2. The molecule has 0 radical (unpaired) electrons. The van der Waals surface area contributed by atoms with E-state index in [4.69, 9.17) is 0 Å². The van der Waals surface area contributed by atoms with Gasteiger partial charge in [-0.3, -0.25) is 0 Å². The lowest BCUT2D eigenvalue weighted by Crippen LogP contribution is -2.42. The second kappa shape index (κ2) is 5.70. The number of fused-ring (bicyclic) bond motifs is 2. The molecule has 4 atom stereocenters. The molecule has 0 aromatic heterocycles. The van der Waals surface area contributed by atoms with Crippen molar-refractivity contribution in [3.8, 4) is 0 Å². The second-order valence-electron chi connectivity index (χ2n) is 6.97. The van der Waals surface area contributed by atoms with Gasteiger partial charge in [0.25, 0.3) is 0 Å². The Balaban J connectivity index is 1.58. The van der Waals surface area contributed by atoms with Crippen molar-refractivity contribution in [1.29, 1.82) is 0 Å². The normalized spacial score (nSPS) is 28.4. The van der Waals surface area contributed by atoms with Gasteiger partial charge in [0.05, 0.1) is 0 Å². The molecule has 2 N–H and O–H groups in total. The fourth-order valence-electron chi connectivity index (χ4n) is 4.27. The van der Waals surface area contributed by atoms with Gasteiger partial charge < -0.3 is 10.6 Å². The largest absolute Gasteiger partial charge is 0.335 e. The van der Waals surface area contributed by atoms with Gasteiger partial charge in [-0.25, -0.2) is 4.79 Å². The molecule has 21 heavy (non-hydrogen) atoms. The molecule has 1 aromatic rings. The minimum atomic E-state index is -0.0704. The number of hydrogen-bond acceptors (Lipinski definition) is 1. The molecule has 0 spiro atoms. The lowest BCUT2D eigenvalue weighted by molar-refractivity contribution is 0.230. The Bertz CT molecular complexity index is 540. The topological polar surface area (TPSA) is 41.1 Å². The van der Waals surface area contributed by atoms with Crippen molar-refractivity contribution in [1.82, 2.24) is 5.32 Å². The zero-order chi connectivity index (χ0) is 15.0. The third-order valence-electron chi connectivity index (χ3n) is 5.65. The van der Waals surface area contributed by atoms with Crippen LogP contribution in [0.1, 0.15) is 43.7 Å². The van der Waals surface area contributed by atoms with Crippen LogP contribution in [0.15, 0.2) is 18.2 Å². The lowest BCUT2D eigenvalue weighted by Gasteiger charge is -2.28. The van der Waals surface area contributed by atoms with Crippen molar-refractivity contribution in [3.05, 3.63) is 29.3 Å². The average Bonchev–Trinajstić information content (AvgIpc) is 3.06. The van der Waals surface area contributed by atoms with Crippen LogP contribution in [0.3, 0.4) is 0 Å². The SMILES string of the molecule is Cc1cccc(NC(=O)N[C@H](C)[C@@H]2C[C@@H]3CC[C@@H]2C3)c1C. The van der Waals surface area contributed by atoms with E-state index in [0.29, 0.717) is 5.92 Å². The Kier molecular flexibility index (Phi) is 3.92. The van der Waals surface area contributed by atoms with Crippen LogP contribution in [0, 0.1) is 31.6 Å². The molecule has 2 amide bonds. The summed E-state index contributed by atoms with van der Waals surface area (Å²) in [6.45, 7) is 6.27. The number of carbonyl (C=O) groups excluding carboxylic acids is 1. The average molecular weight is 286 g/mol. The minimum Gasteiger partial charge on any atom is -0.335 e. The molecule has 0 unspecified atom stereocenters. The van der Waals surface area contributed by atoms with Crippen molar-refractivity contribution in [2.75, 3.05) is 5.32 Å². The van der Waals surface area contributed by atoms with E-state index in [1.54, 1.807) is 0 Å². The van der Waals surface area contributed by atoms with E-state index in [9.17, 15) is 4.79 Å². The molecule has 2 aliphatic rings. The molecule has 2 saturated carbocycles. The number of amides is 2. The molecule has 1 aromatic carbocycles. The monoisotopic (exact) mass is 286 g/mol. The molecule has 0 aliphatic heterocycles. The Hall–Kier alpha value is -1.51. The summed E-state index contributed by atoms with van der Waals surface area (Å²) in [5.74, 6) is 2.44. The van der Waals surface area contributed by atoms with Gasteiger partial charge in [0.2, 0.25) is 0 Å². The maximum absolute atomic E-state index is 12.2. The van der Waals surface area contributed by atoms with Crippen LogP contribution < -0.4 is 10.6 Å². The molecule has 3 heteroatoms. The van der Waals surface area contributed by atoms with E-state index in [0.717, 1.165) is 23.1 Å². The number of nitrogens with one attached hydrogen (secondary N) is 2. The van der Waals surface area contributed by atoms with Gasteiger partial charge in [-0.2, -0.15) is 0 Å². The highest BCUT2D eigenvalue weighted by Crippen LogP contribution is 2.49. The first-order valence-corrected chi connectivity index (χ1v) is 8.18. The zero-order valence-electron chi connectivity index (χ0n) is 13.3. The van der Waals surface area contributed by atoms with Crippen molar-refractivity contribution in [3.63, 3.8) is 0 Å². The van der Waals surface area contributed by atoms with Crippen LogP contribution in [0.4, 0.5) is 10.5 Å². The summed E-state index contributed by atoms with van der Waals surface area (Å²) < 4.78 is 0. The van der Waals surface area contributed by atoms with E-state index < -0.39 is 0 Å². The van der Waals surface area contributed by atoms with Gasteiger partial charge in [0.1, 0.15) is 0 Å². The van der Waals surface area contributed by atoms with Crippen LogP contribution in [-0.2, 0) is 0 Å². The van der Waals surface area contributed by atoms with E-state index >= 15 is 0 Å². The fraction of sp³-hybridized carbons (Fsp3) is 0.611. The minimum absolute atomic E-state index is 0.0704. The lowest BCUT2D eigenvalue weighted by atomic mass is 9.84. The van der Waals surface area contributed by atoms with Crippen molar-refractivity contribution in [2.45, 2.75) is 52.5 Å². The van der Waals surface area contributed by atoms with Crippen LogP contribution >= 0.6 is 0 Å². The first-order valence-electron chi connectivity index (χ1n) is 8.18. The van der Waals surface area contributed by atoms with E-state index in [-0.39, 0.29) is 12.1 Å². The summed E-state index contributed by atoms with van der Waals surface area (Å²) >= 11 is 0. The third-order valence-corrected chi connectivity index (χ3v) is 5.65. The smallest absolute Gasteiger partial charge is 0.319 e. The summed E-state index contributed by atoms with van der Waals surface area (Å²) in [4.78, 5) is 12.2. The number of anilines is 1. The maximum atomic E-state index is 12.2. The number of hydrogen-bond donors (Lipinski definition) is 2. The number of carbonyl (C=O) groups is 1. The standard InChI is InChI=1S/C18H26N2O/c1-11-5-4-6-17(12(11)2)20-18(21)19-13(3)16-10-14-7-8-15(16)9-14/h4-6,13-16H,7-10H2,1-3H3,(H2,19,20,21)/t13-,14-,15-,16+/m1/s1. The number of aryl methyl sites for hydroxylation is 1. The Morgan fingerprint density at radius 1 is 1.24 bits per heavy atom. The molecule has 3 rings (SSSR count). The predicted octanol–water partition coefficient (Wildman–Crippen LogP) is 4.25. The molecule has 0 heterocycles. The second-order valence-corrected chi connectivity index (χ2v) is 6.97. The quantitative estimate of drug-likeness (QED) is 0.857. The fourth-order valence-corrected chi connectivity index (χ4v) is 4.27. The predicted molar refractivity (Wildman–Crippen MR) is 86.5 cm³/mol. The van der Waals surface area contributed by atoms with E-state index in [2.05, 4.69) is 30.5 Å². The van der Waals surface area contributed by atoms with Crippen LogP contribution in [0.5, 0.6) is 0 Å². The van der Waals surface area contributed by atoms with Crippen LogP contribution in [-0.4, -0.2) is 12.1 Å². The first-order chi connectivity index (χ1) is 10.0. The number of rotatable bonds is 3. The van der Waals surface area contributed by atoms with Crippen LogP contribution in [0.25, 0.3) is 0 Å². The number of benzene rings is 1. The molecule has 2 aliphatic carbocycles. The van der Waals surface area contributed by atoms with Gasteiger partial charge in [-0.15, -0.1) is 0 Å². The van der Waals surface area contributed by atoms with E-state index in [1.807, 2.05) is 19.1 Å². The van der Waals surface area contributed by atoms with Gasteiger partial charge in [-0.1, -0.05) is 18.6 Å². The zero-order valence-corrected chi connectivity index (χ0v) is 13.3. The Morgan fingerprint density at radius 2 is 2.05 bits per heavy atom. The summed E-state index contributed by atoms with van der Waals surface area (Å²) in [5.41, 5.74) is 3.25. The third kappa shape index (κ3) is 2.92. The van der Waals surface area contributed by atoms with Gasteiger partial charge in [0.15, 0.2) is 0 Å². The van der Waals surface area contributed by atoms with Crippen molar-refractivity contribution in [2.24, 2.45) is 17.8 Å². The van der Waals surface area contributed by atoms with E-state index in [1.165, 1.54) is 31.2 Å².